The Bertz CT molecular complexity index is 579. The third-order valence-corrected chi connectivity index (χ3v) is 2.78. The number of anilines is 1. The molecule has 1 aromatic heterocycles. The lowest BCUT2D eigenvalue weighted by Crippen LogP contribution is -1.99. The van der Waals surface area contributed by atoms with E-state index in [1.165, 1.54) is 6.07 Å². The van der Waals surface area contributed by atoms with Crippen molar-refractivity contribution < 1.29 is 4.39 Å². The Hall–Kier alpha value is -2.23. The molecule has 0 aliphatic rings. The van der Waals surface area contributed by atoms with Crippen molar-refractivity contribution in [3.8, 4) is 11.1 Å². The van der Waals surface area contributed by atoms with E-state index in [9.17, 15) is 4.39 Å². The zero-order valence-corrected chi connectivity index (χ0v) is 11.0. The molecule has 0 saturated heterocycles. The average Bonchev–Trinajstić information content (AvgIpc) is 2.42. The molecule has 1 aromatic carbocycles. The number of aliphatic imine (C=N–C) groups is 1. The largest absolute Gasteiger partial charge is 0.346 e. The Morgan fingerprint density at radius 3 is 2.95 bits per heavy atom. The van der Waals surface area contributed by atoms with Crippen molar-refractivity contribution in [2.45, 2.75) is 13.8 Å². The van der Waals surface area contributed by atoms with Crippen molar-refractivity contribution >= 4 is 12.0 Å². The molecule has 2 aromatic rings. The molecule has 2 rings (SSSR count). The molecule has 3 nitrogen and oxygen atoms in total. The minimum atomic E-state index is -0.247. The van der Waals surface area contributed by atoms with Crippen molar-refractivity contribution in [2.75, 3.05) is 11.9 Å². The Morgan fingerprint density at radius 1 is 1.42 bits per heavy atom. The highest BCUT2D eigenvalue weighted by molar-refractivity contribution is 5.80. The summed E-state index contributed by atoms with van der Waals surface area (Å²) in [6.45, 7) is 4.53. The normalized spacial score (nSPS) is 10.9. The predicted molar refractivity (Wildman–Crippen MR) is 77.0 cm³/mol. The van der Waals surface area contributed by atoms with Crippen LogP contribution in [-0.2, 0) is 0 Å². The Kier molecular flexibility index (Phi) is 4.23. The van der Waals surface area contributed by atoms with Crippen LogP contribution in [0, 0.1) is 12.7 Å². The number of nitrogens with one attached hydrogen (secondary N) is 1. The zero-order valence-electron chi connectivity index (χ0n) is 11.0. The highest BCUT2D eigenvalue weighted by Crippen LogP contribution is 2.27. The molecule has 19 heavy (non-hydrogen) atoms. The van der Waals surface area contributed by atoms with Crippen molar-refractivity contribution in [1.82, 2.24) is 4.98 Å². The molecule has 0 spiro atoms. The van der Waals surface area contributed by atoms with Crippen molar-refractivity contribution in [2.24, 2.45) is 4.99 Å². The minimum absolute atomic E-state index is 0.247. The summed E-state index contributed by atoms with van der Waals surface area (Å²) in [6, 6.07) is 6.93. The number of rotatable bonds is 4. The second-order valence-corrected chi connectivity index (χ2v) is 4.16. The van der Waals surface area contributed by atoms with Crippen molar-refractivity contribution in [3.63, 3.8) is 0 Å². The molecule has 0 bridgehead atoms. The van der Waals surface area contributed by atoms with Gasteiger partial charge in [0.2, 0.25) is 0 Å². The van der Waals surface area contributed by atoms with Crippen LogP contribution in [0.4, 0.5) is 10.1 Å². The van der Waals surface area contributed by atoms with Crippen LogP contribution in [0.5, 0.6) is 0 Å². The van der Waals surface area contributed by atoms with Gasteiger partial charge in [-0.25, -0.2) is 4.39 Å². The predicted octanol–water partition coefficient (Wildman–Crippen LogP) is 3.66. The average molecular weight is 257 g/mol. The number of hydrogen-bond donors (Lipinski definition) is 1. The minimum Gasteiger partial charge on any atom is -0.346 e. The summed E-state index contributed by atoms with van der Waals surface area (Å²) in [5.74, 6) is -0.247. The molecular weight excluding hydrogens is 241 g/mol. The van der Waals surface area contributed by atoms with Gasteiger partial charge in [0.1, 0.15) is 5.82 Å². The maximum atomic E-state index is 14.0. The number of benzene rings is 1. The van der Waals surface area contributed by atoms with Crippen LogP contribution in [0.2, 0.25) is 0 Å². The van der Waals surface area contributed by atoms with Crippen LogP contribution in [-0.4, -0.2) is 17.9 Å². The molecular formula is C15H16FN3. The second kappa shape index (κ2) is 6.09. The Balaban J connectivity index is 2.39. The number of aryl methyl sites for hydroxylation is 1. The lowest BCUT2D eigenvalue weighted by Gasteiger charge is -2.10. The van der Waals surface area contributed by atoms with Crippen LogP contribution in [0.15, 0.2) is 41.7 Å². The van der Waals surface area contributed by atoms with Gasteiger partial charge in [-0.05, 0) is 37.6 Å². The first-order valence-corrected chi connectivity index (χ1v) is 6.17. The first kappa shape index (κ1) is 13.2. The van der Waals surface area contributed by atoms with Crippen LogP contribution in [0.25, 0.3) is 11.1 Å². The molecule has 1 heterocycles. The fraction of sp³-hybridized carbons (Fsp3) is 0.200. The van der Waals surface area contributed by atoms with E-state index in [0.29, 0.717) is 12.1 Å². The second-order valence-electron chi connectivity index (χ2n) is 4.16. The van der Waals surface area contributed by atoms with E-state index in [-0.39, 0.29) is 5.82 Å². The van der Waals surface area contributed by atoms with Crippen molar-refractivity contribution in [3.05, 3.63) is 48.0 Å². The van der Waals surface area contributed by atoms with E-state index in [1.54, 1.807) is 30.9 Å². The lowest BCUT2D eigenvalue weighted by molar-refractivity contribution is 0.630. The molecule has 0 unspecified atom stereocenters. The third-order valence-electron chi connectivity index (χ3n) is 2.78. The molecule has 0 amide bonds. The van der Waals surface area contributed by atoms with Gasteiger partial charge in [-0.1, -0.05) is 6.07 Å². The molecule has 0 aliphatic heterocycles. The third kappa shape index (κ3) is 3.16. The van der Waals surface area contributed by atoms with Gasteiger partial charge in [0.05, 0.1) is 6.34 Å². The van der Waals surface area contributed by atoms with Gasteiger partial charge >= 0.3 is 0 Å². The van der Waals surface area contributed by atoms with E-state index in [0.717, 1.165) is 16.8 Å². The fourth-order valence-corrected chi connectivity index (χ4v) is 1.78. The molecule has 0 radical (unpaired) electrons. The summed E-state index contributed by atoms with van der Waals surface area (Å²) in [7, 11) is 0. The van der Waals surface area contributed by atoms with Gasteiger partial charge < -0.3 is 5.32 Å². The number of pyridine rings is 1. The summed E-state index contributed by atoms with van der Waals surface area (Å²) in [5, 5.41) is 3.07. The van der Waals surface area contributed by atoms with E-state index < -0.39 is 0 Å². The highest BCUT2D eigenvalue weighted by atomic mass is 19.1. The maximum Gasteiger partial charge on any atom is 0.131 e. The molecule has 0 atom stereocenters. The summed E-state index contributed by atoms with van der Waals surface area (Å²) in [5.41, 5.74) is 2.98. The topological polar surface area (TPSA) is 37.3 Å². The van der Waals surface area contributed by atoms with E-state index in [4.69, 9.17) is 0 Å². The summed E-state index contributed by atoms with van der Waals surface area (Å²) < 4.78 is 14.0. The van der Waals surface area contributed by atoms with Gasteiger partial charge in [-0.3, -0.25) is 9.98 Å². The number of halogens is 1. The number of aromatic nitrogens is 1. The van der Waals surface area contributed by atoms with Gasteiger partial charge in [0.15, 0.2) is 0 Å². The van der Waals surface area contributed by atoms with E-state index in [1.807, 2.05) is 19.9 Å². The number of hydrogen-bond acceptors (Lipinski definition) is 2. The Labute approximate surface area is 112 Å². The fourth-order valence-electron chi connectivity index (χ4n) is 1.78. The SMILES string of the molecule is CCN=CNc1cc(-c2cccnc2)c(F)cc1C. The molecule has 0 aliphatic carbocycles. The summed E-state index contributed by atoms with van der Waals surface area (Å²) in [6.07, 6.45) is 4.95. The summed E-state index contributed by atoms with van der Waals surface area (Å²) >= 11 is 0. The monoisotopic (exact) mass is 257 g/mol. The van der Waals surface area contributed by atoms with Crippen LogP contribution in [0.1, 0.15) is 12.5 Å². The first-order valence-electron chi connectivity index (χ1n) is 6.17. The van der Waals surface area contributed by atoms with Gasteiger partial charge in [0, 0.05) is 35.8 Å². The smallest absolute Gasteiger partial charge is 0.131 e. The molecule has 4 heteroatoms. The highest BCUT2D eigenvalue weighted by Gasteiger charge is 2.08. The first-order chi connectivity index (χ1) is 9.22. The molecule has 98 valence electrons. The number of nitrogens with zero attached hydrogens (tertiary/aromatic N) is 2. The zero-order chi connectivity index (χ0) is 13.7. The van der Waals surface area contributed by atoms with Crippen LogP contribution in [0.3, 0.4) is 0 Å². The van der Waals surface area contributed by atoms with Crippen LogP contribution < -0.4 is 5.32 Å². The summed E-state index contributed by atoms with van der Waals surface area (Å²) in [4.78, 5) is 8.11. The lowest BCUT2D eigenvalue weighted by atomic mass is 10.0. The quantitative estimate of drug-likeness (QED) is 0.670. The van der Waals surface area contributed by atoms with E-state index in [2.05, 4.69) is 15.3 Å². The standard InChI is InChI=1S/C15H16FN3/c1-3-17-10-19-15-8-13(14(16)7-11(15)2)12-5-4-6-18-9-12/h4-10H,3H2,1-2H3,(H,17,19). The Morgan fingerprint density at radius 2 is 2.26 bits per heavy atom. The van der Waals surface area contributed by atoms with Gasteiger partial charge in [-0.15, -0.1) is 0 Å². The van der Waals surface area contributed by atoms with E-state index >= 15 is 0 Å². The van der Waals surface area contributed by atoms with Crippen molar-refractivity contribution in [1.29, 1.82) is 0 Å². The molecule has 1 N–H and O–H groups in total. The van der Waals surface area contributed by atoms with Crippen LogP contribution >= 0.6 is 0 Å². The van der Waals surface area contributed by atoms with Gasteiger partial charge in [0.25, 0.3) is 0 Å². The van der Waals surface area contributed by atoms with Gasteiger partial charge in [-0.2, -0.15) is 0 Å². The molecule has 0 saturated carbocycles. The maximum absolute atomic E-state index is 14.0. The molecule has 0 fully saturated rings.